The molecular formula is C19H20N4O4. The maximum atomic E-state index is 12.4. The van der Waals surface area contributed by atoms with Gasteiger partial charge in [-0.1, -0.05) is 18.2 Å². The fourth-order valence-electron chi connectivity index (χ4n) is 3.07. The predicted molar refractivity (Wildman–Crippen MR) is 102 cm³/mol. The molecule has 8 nitrogen and oxygen atoms in total. The molecule has 2 amide bonds. The summed E-state index contributed by atoms with van der Waals surface area (Å²) in [6.45, 7) is 3.57. The van der Waals surface area contributed by atoms with Crippen molar-refractivity contribution in [2.75, 3.05) is 36.4 Å². The number of piperazine rings is 1. The molecule has 3 rings (SSSR count). The van der Waals surface area contributed by atoms with E-state index in [1.807, 2.05) is 11.0 Å². The summed E-state index contributed by atoms with van der Waals surface area (Å²) in [5.41, 5.74) is 1.18. The summed E-state index contributed by atoms with van der Waals surface area (Å²) in [6.07, 6.45) is 0. The third-order valence-corrected chi connectivity index (χ3v) is 4.53. The number of nitro groups is 1. The van der Waals surface area contributed by atoms with E-state index in [0.717, 1.165) is 0 Å². The van der Waals surface area contributed by atoms with Crippen LogP contribution in [0.2, 0.25) is 0 Å². The van der Waals surface area contributed by atoms with Gasteiger partial charge in [0.2, 0.25) is 5.91 Å². The number of hydrogen-bond acceptors (Lipinski definition) is 5. The summed E-state index contributed by atoms with van der Waals surface area (Å²) in [4.78, 5) is 38.5. The first kappa shape index (κ1) is 18.4. The lowest BCUT2D eigenvalue weighted by Gasteiger charge is -2.35. The van der Waals surface area contributed by atoms with Gasteiger partial charge in [0.15, 0.2) is 0 Å². The van der Waals surface area contributed by atoms with Crippen molar-refractivity contribution >= 4 is 28.9 Å². The molecule has 0 atom stereocenters. The van der Waals surface area contributed by atoms with E-state index < -0.39 is 10.8 Å². The summed E-state index contributed by atoms with van der Waals surface area (Å²) in [6, 6.07) is 13.4. The number of amides is 2. The summed E-state index contributed by atoms with van der Waals surface area (Å²) in [5, 5.41) is 14.3. The van der Waals surface area contributed by atoms with Crippen LogP contribution < -0.4 is 10.2 Å². The molecule has 0 bridgehead atoms. The van der Waals surface area contributed by atoms with Crippen LogP contribution >= 0.6 is 0 Å². The molecule has 0 aromatic heterocycles. The van der Waals surface area contributed by atoms with Gasteiger partial charge in [-0.2, -0.15) is 0 Å². The number of nitrogens with one attached hydrogen (secondary N) is 1. The van der Waals surface area contributed by atoms with Crippen LogP contribution in [0.25, 0.3) is 0 Å². The SMILES string of the molecule is CC(=O)N1CCN(c2ccc(C(=O)Nc3ccccc3)cc2[N+](=O)[O-])CC1. The van der Waals surface area contributed by atoms with Gasteiger partial charge in [-0.3, -0.25) is 19.7 Å². The molecule has 0 saturated carbocycles. The third kappa shape index (κ3) is 4.22. The quantitative estimate of drug-likeness (QED) is 0.661. The summed E-state index contributed by atoms with van der Waals surface area (Å²) in [5.74, 6) is -0.408. The van der Waals surface area contributed by atoms with E-state index in [9.17, 15) is 19.7 Å². The molecule has 1 N–H and O–H groups in total. The number of anilines is 2. The molecule has 1 saturated heterocycles. The Morgan fingerprint density at radius 3 is 2.30 bits per heavy atom. The Bertz CT molecular complexity index is 861. The standard InChI is InChI=1S/C19H20N4O4/c1-14(24)21-9-11-22(12-10-21)17-8-7-15(13-18(17)23(26)27)19(25)20-16-5-3-2-4-6-16/h2-8,13H,9-12H2,1H3,(H,20,25). The van der Waals surface area contributed by atoms with Crippen molar-refractivity contribution in [3.05, 3.63) is 64.2 Å². The summed E-state index contributed by atoms with van der Waals surface area (Å²) >= 11 is 0. The zero-order valence-corrected chi connectivity index (χ0v) is 14.9. The van der Waals surface area contributed by atoms with E-state index in [-0.39, 0.29) is 17.2 Å². The van der Waals surface area contributed by atoms with Crippen molar-refractivity contribution < 1.29 is 14.5 Å². The number of para-hydroxylation sites is 1. The van der Waals surface area contributed by atoms with Crippen molar-refractivity contribution in [3.8, 4) is 0 Å². The molecule has 2 aromatic carbocycles. The average Bonchev–Trinajstić information content (AvgIpc) is 2.68. The van der Waals surface area contributed by atoms with E-state index in [1.165, 1.54) is 13.0 Å². The van der Waals surface area contributed by atoms with Gasteiger partial charge in [0.05, 0.1) is 4.92 Å². The molecule has 0 unspecified atom stereocenters. The zero-order chi connectivity index (χ0) is 19.4. The van der Waals surface area contributed by atoms with Gasteiger partial charge in [0, 0.05) is 50.4 Å². The fraction of sp³-hybridized carbons (Fsp3) is 0.263. The molecule has 1 aliphatic rings. The molecule has 0 spiro atoms. The lowest BCUT2D eigenvalue weighted by atomic mass is 10.1. The third-order valence-electron chi connectivity index (χ3n) is 4.53. The van der Waals surface area contributed by atoms with E-state index >= 15 is 0 Å². The number of carbonyl (C=O) groups excluding carboxylic acids is 2. The van der Waals surface area contributed by atoms with Crippen LogP contribution in [0.1, 0.15) is 17.3 Å². The van der Waals surface area contributed by atoms with Gasteiger partial charge in [0.25, 0.3) is 11.6 Å². The Labute approximate surface area is 156 Å². The van der Waals surface area contributed by atoms with Crippen molar-refractivity contribution in [2.24, 2.45) is 0 Å². The number of nitrogens with zero attached hydrogens (tertiary/aromatic N) is 3. The van der Waals surface area contributed by atoms with E-state index in [1.54, 1.807) is 41.3 Å². The monoisotopic (exact) mass is 368 g/mol. The Morgan fingerprint density at radius 2 is 1.70 bits per heavy atom. The molecule has 0 radical (unpaired) electrons. The smallest absolute Gasteiger partial charge is 0.293 e. The highest BCUT2D eigenvalue weighted by Crippen LogP contribution is 2.30. The average molecular weight is 368 g/mol. The maximum absolute atomic E-state index is 12.4. The largest absolute Gasteiger partial charge is 0.362 e. The second-order valence-electron chi connectivity index (χ2n) is 6.27. The first-order valence-electron chi connectivity index (χ1n) is 8.61. The minimum absolute atomic E-state index is 0.00270. The normalized spacial score (nSPS) is 14.0. The Hall–Kier alpha value is -3.42. The molecule has 27 heavy (non-hydrogen) atoms. The van der Waals surface area contributed by atoms with E-state index in [4.69, 9.17) is 0 Å². The first-order chi connectivity index (χ1) is 13.0. The minimum Gasteiger partial charge on any atom is -0.362 e. The summed E-state index contributed by atoms with van der Waals surface area (Å²) < 4.78 is 0. The van der Waals surface area contributed by atoms with Crippen LogP contribution in [0.3, 0.4) is 0 Å². The highest BCUT2D eigenvalue weighted by Gasteiger charge is 2.25. The zero-order valence-electron chi connectivity index (χ0n) is 14.9. The number of benzene rings is 2. The van der Waals surface area contributed by atoms with Crippen LogP contribution in [0.4, 0.5) is 17.1 Å². The van der Waals surface area contributed by atoms with Crippen molar-refractivity contribution in [2.45, 2.75) is 6.92 Å². The van der Waals surface area contributed by atoms with Crippen LogP contribution in [-0.2, 0) is 4.79 Å². The Kier molecular flexibility index (Phi) is 5.35. The topological polar surface area (TPSA) is 95.8 Å². The van der Waals surface area contributed by atoms with Crippen LogP contribution in [0.15, 0.2) is 48.5 Å². The number of hydrogen-bond donors (Lipinski definition) is 1. The van der Waals surface area contributed by atoms with E-state index in [2.05, 4.69) is 5.32 Å². The Morgan fingerprint density at radius 1 is 1.04 bits per heavy atom. The van der Waals surface area contributed by atoms with Gasteiger partial charge in [-0.25, -0.2) is 0 Å². The van der Waals surface area contributed by atoms with Gasteiger partial charge in [-0.05, 0) is 24.3 Å². The van der Waals surface area contributed by atoms with Crippen molar-refractivity contribution in [1.82, 2.24) is 4.90 Å². The number of carbonyl (C=O) groups is 2. The number of rotatable bonds is 4. The highest BCUT2D eigenvalue weighted by molar-refractivity contribution is 6.05. The predicted octanol–water partition coefficient (Wildman–Crippen LogP) is 2.52. The summed E-state index contributed by atoms with van der Waals surface area (Å²) in [7, 11) is 0. The molecule has 0 aliphatic carbocycles. The maximum Gasteiger partial charge on any atom is 0.293 e. The second kappa shape index (κ2) is 7.86. The van der Waals surface area contributed by atoms with E-state index in [0.29, 0.717) is 37.6 Å². The van der Waals surface area contributed by atoms with Gasteiger partial charge < -0.3 is 15.1 Å². The minimum atomic E-state index is -0.480. The molecular weight excluding hydrogens is 348 g/mol. The van der Waals surface area contributed by atoms with Crippen molar-refractivity contribution in [1.29, 1.82) is 0 Å². The molecule has 2 aromatic rings. The van der Waals surface area contributed by atoms with Crippen LogP contribution in [-0.4, -0.2) is 47.8 Å². The van der Waals surface area contributed by atoms with Gasteiger partial charge in [0.1, 0.15) is 5.69 Å². The lowest BCUT2D eigenvalue weighted by Crippen LogP contribution is -2.48. The lowest BCUT2D eigenvalue weighted by molar-refractivity contribution is -0.384. The number of nitro benzene ring substituents is 1. The highest BCUT2D eigenvalue weighted by atomic mass is 16.6. The first-order valence-corrected chi connectivity index (χ1v) is 8.61. The van der Waals surface area contributed by atoms with Gasteiger partial charge in [-0.15, -0.1) is 0 Å². The van der Waals surface area contributed by atoms with Gasteiger partial charge >= 0.3 is 0 Å². The molecule has 1 heterocycles. The molecule has 140 valence electrons. The van der Waals surface area contributed by atoms with Crippen LogP contribution in [0.5, 0.6) is 0 Å². The second-order valence-corrected chi connectivity index (χ2v) is 6.27. The van der Waals surface area contributed by atoms with Crippen molar-refractivity contribution in [3.63, 3.8) is 0 Å². The Balaban J connectivity index is 1.80. The van der Waals surface area contributed by atoms with Crippen LogP contribution in [0, 0.1) is 10.1 Å². The molecule has 1 fully saturated rings. The fourth-order valence-corrected chi connectivity index (χ4v) is 3.07. The molecule has 8 heteroatoms. The molecule has 1 aliphatic heterocycles.